The molecule has 2 aliphatic carbocycles. The number of rotatable bonds is 4. The number of benzene rings is 1. The van der Waals surface area contributed by atoms with Gasteiger partial charge in [0.15, 0.2) is 0 Å². The Morgan fingerprint density at radius 2 is 1.96 bits per heavy atom. The van der Waals surface area contributed by atoms with E-state index in [2.05, 4.69) is 5.16 Å². The number of non-ortho nitro benzene ring substituents is 1. The van der Waals surface area contributed by atoms with Gasteiger partial charge < -0.3 is 9.94 Å². The molecule has 144 valence electrons. The molecule has 2 bridgehead atoms. The molecular weight excluding hydrogens is 370 g/mol. The minimum Gasteiger partial charge on any atom is -0.480 e. The summed E-state index contributed by atoms with van der Waals surface area (Å²) in [4.78, 5) is 53.5. The third kappa shape index (κ3) is 2.08. The Hall–Kier alpha value is -3.30. The zero-order valence-electron chi connectivity index (χ0n) is 14.4. The molecule has 2 heterocycles. The molecule has 2 amide bonds. The number of nitro benzene ring substituents is 1. The molecule has 6 atom stereocenters. The lowest BCUT2D eigenvalue weighted by molar-refractivity contribution is -0.384. The zero-order chi connectivity index (χ0) is 19.7. The maximum absolute atomic E-state index is 12.8. The maximum atomic E-state index is 12.8. The van der Waals surface area contributed by atoms with Crippen molar-refractivity contribution < 1.29 is 29.3 Å². The van der Waals surface area contributed by atoms with Crippen LogP contribution in [0.25, 0.3) is 0 Å². The predicted octanol–water partition coefficient (Wildman–Crippen LogP) is 0.649. The van der Waals surface area contributed by atoms with Gasteiger partial charge in [-0.25, -0.2) is 0 Å². The summed E-state index contributed by atoms with van der Waals surface area (Å²) < 4.78 is 0. The Balaban J connectivity index is 1.47. The summed E-state index contributed by atoms with van der Waals surface area (Å²) in [5.41, 5.74) is 1.05. The number of carbonyl (C=O) groups excluding carboxylic acids is 2. The number of fused-ring (bicyclic) bond motifs is 8. The van der Waals surface area contributed by atoms with Crippen molar-refractivity contribution in [1.29, 1.82) is 0 Å². The second-order valence-corrected chi connectivity index (χ2v) is 7.65. The highest BCUT2D eigenvalue weighted by molar-refractivity contribution is 6.10. The number of nitro groups is 1. The van der Waals surface area contributed by atoms with Crippen LogP contribution in [-0.4, -0.2) is 51.1 Å². The molecule has 0 radical (unpaired) electrons. The summed E-state index contributed by atoms with van der Waals surface area (Å²) in [5.74, 6) is -3.93. The van der Waals surface area contributed by atoms with Crippen LogP contribution >= 0.6 is 0 Å². The Morgan fingerprint density at radius 1 is 1.25 bits per heavy atom. The SMILES string of the molecule is O=C(O)CN1C(=O)[C@@H]2[C@@H]3C[C@@H]([C@H]4ON=C(c5cccc([N+](=O)[O-])c5)[C@@H]34)[C@@H]2C1=O. The van der Waals surface area contributed by atoms with Crippen LogP contribution in [0.5, 0.6) is 0 Å². The fraction of sp³-hybridized carbons (Fsp3) is 0.444. The monoisotopic (exact) mass is 385 g/mol. The lowest BCUT2D eigenvalue weighted by Gasteiger charge is -2.29. The van der Waals surface area contributed by atoms with Crippen molar-refractivity contribution in [3.63, 3.8) is 0 Å². The Kier molecular flexibility index (Phi) is 3.37. The molecule has 5 rings (SSSR count). The molecule has 2 aliphatic heterocycles. The number of carboxylic acids is 1. The van der Waals surface area contributed by atoms with Gasteiger partial charge in [-0.15, -0.1) is 0 Å². The number of aliphatic carboxylic acids is 1. The van der Waals surface area contributed by atoms with Gasteiger partial charge in [-0.2, -0.15) is 0 Å². The third-order valence-corrected chi connectivity index (χ3v) is 6.43. The lowest BCUT2D eigenvalue weighted by Crippen LogP contribution is -2.41. The second-order valence-electron chi connectivity index (χ2n) is 7.65. The van der Waals surface area contributed by atoms with E-state index < -0.39 is 41.1 Å². The highest BCUT2D eigenvalue weighted by atomic mass is 16.6. The van der Waals surface area contributed by atoms with Gasteiger partial charge in [0.1, 0.15) is 12.6 Å². The number of carbonyl (C=O) groups is 3. The average molecular weight is 385 g/mol. The first-order valence-electron chi connectivity index (χ1n) is 8.94. The molecule has 1 aromatic carbocycles. The van der Waals surface area contributed by atoms with E-state index >= 15 is 0 Å². The van der Waals surface area contributed by atoms with Gasteiger partial charge in [0.2, 0.25) is 11.8 Å². The van der Waals surface area contributed by atoms with Crippen molar-refractivity contribution in [1.82, 2.24) is 4.90 Å². The molecule has 0 aromatic heterocycles. The molecule has 0 unspecified atom stereocenters. The minimum atomic E-state index is -1.23. The third-order valence-electron chi connectivity index (χ3n) is 6.43. The normalized spacial score (nSPS) is 34.9. The number of hydrogen-bond acceptors (Lipinski definition) is 7. The summed E-state index contributed by atoms with van der Waals surface area (Å²) >= 11 is 0. The van der Waals surface area contributed by atoms with Gasteiger partial charge >= 0.3 is 5.97 Å². The number of nitrogens with zero attached hydrogens (tertiary/aromatic N) is 3. The Morgan fingerprint density at radius 3 is 2.64 bits per heavy atom. The van der Waals surface area contributed by atoms with Crippen LogP contribution in [0.2, 0.25) is 0 Å². The quantitative estimate of drug-likeness (QED) is 0.456. The van der Waals surface area contributed by atoms with Gasteiger partial charge in [-0.3, -0.25) is 29.4 Å². The van der Waals surface area contributed by atoms with E-state index in [1.807, 2.05) is 0 Å². The lowest BCUT2D eigenvalue weighted by atomic mass is 9.71. The molecular formula is C18H15N3O7. The number of oxime groups is 1. The predicted molar refractivity (Wildman–Crippen MR) is 90.9 cm³/mol. The number of imide groups is 1. The highest BCUT2D eigenvalue weighted by Gasteiger charge is 2.70. The van der Waals surface area contributed by atoms with Crippen LogP contribution in [0.3, 0.4) is 0 Å². The van der Waals surface area contributed by atoms with Gasteiger partial charge in [-0.1, -0.05) is 17.3 Å². The smallest absolute Gasteiger partial charge is 0.323 e. The van der Waals surface area contributed by atoms with E-state index in [4.69, 9.17) is 9.94 Å². The van der Waals surface area contributed by atoms with Crippen molar-refractivity contribution >= 4 is 29.2 Å². The molecule has 4 aliphatic rings. The molecule has 10 nitrogen and oxygen atoms in total. The van der Waals surface area contributed by atoms with Gasteiger partial charge in [0, 0.05) is 29.5 Å². The van der Waals surface area contributed by atoms with Crippen molar-refractivity contribution in [2.24, 2.45) is 34.7 Å². The second kappa shape index (κ2) is 5.60. The van der Waals surface area contributed by atoms with E-state index in [-0.39, 0.29) is 29.5 Å². The van der Waals surface area contributed by atoms with E-state index in [9.17, 15) is 24.5 Å². The van der Waals surface area contributed by atoms with Crippen LogP contribution in [-0.2, 0) is 19.2 Å². The van der Waals surface area contributed by atoms with Crippen LogP contribution in [0.15, 0.2) is 29.4 Å². The van der Waals surface area contributed by atoms with Gasteiger partial charge in [0.25, 0.3) is 5.69 Å². The van der Waals surface area contributed by atoms with E-state index in [0.717, 1.165) is 4.90 Å². The van der Waals surface area contributed by atoms with E-state index in [1.54, 1.807) is 12.1 Å². The van der Waals surface area contributed by atoms with Gasteiger partial charge in [-0.05, 0) is 12.3 Å². The largest absolute Gasteiger partial charge is 0.480 e. The molecule has 2 saturated carbocycles. The van der Waals surface area contributed by atoms with Gasteiger partial charge in [0.05, 0.1) is 22.5 Å². The fourth-order valence-corrected chi connectivity index (χ4v) is 5.50. The standard InChI is InChI=1S/C18H15N3O7/c22-11(23)6-20-17(24)12-9-5-10(13(12)18(20)25)16-14(9)15(19-28-16)7-2-1-3-8(4-7)21(26)27/h1-4,9-10,12-14,16H,5-6H2,(H,22,23)/t9-,10+,12+,13-,14+,16+/m0/s1. The van der Waals surface area contributed by atoms with Crippen molar-refractivity contribution in [2.45, 2.75) is 12.5 Å². The fourth-order valence-electron chi connectivity index (χ4n) is 5.50. The van der Waals surface area contributed by atoms with Crippen LogP contribution in [0.1, 0.15) is 12.0 Å². The van der Waals surface area contributed by atoms with Crippen molar-refractivity contribution in [2.75, 3.05) is 6.54 Å². The van der Waals surface area contributed by atoms with Crippen molar-refractivity contribution in [3.8, 4) is 0 Å². The molecule has 3 fully saturated rings. The first kappa shape index (κ1) is 16.8. The number of hydrogen-bond donors (Lipinski definition) is 1. The first-order valence-corrected chi connectivity index (χ1v) is 8.94. The topological polar surface area (TPSA) is 139 Å². The van der Waals surface area contributed by atoms with Crippen molar-refractivity contribution in [3.05, 3.63) is 39.9 Å². The summed E-state index contributed by atoms with van der Waals surface area (Å²) in [6.45, 7) is -0.633. The van der Waals surface area contributed by atoms with Crippen LogP contribution < -0.4 is 0 Å². The number of carboxylic acid groups (broad SMARTS) is 1. The molecule has 1 aromatic rings. The Labute approximate surface area is 157 Å². The summed E-state index contributed by atoms with van der Waals surface area (Å²) in [6, 6.07) is 6.08. The number of likely N-dealkylation sites (tertiary alicyclic amines) is 1. The summed E-state index contributed by atoms with van der Waals surface area (Å²) in [7, 11) is 0. The maximum Gasteiger partial charge on any atom is 0.323 e. The average Bonchev–Trinajstić information content (AvgIpc) is 3.38. The molecule has 1 N–H and O–H groups in total. The summed E-state index contributed by atoms with van der Waals surface area (Å²) in [5, 5.41) is 24.2. The zero-order valence-corrected chi connectivity index (χ0v) is 14.4. The molecule has 10 heteroatoms. The molecule has 1 saturated heterocycles. The van der Waals surface area contributed by atoms with Crippen LogP contribution in [0, 0.1) is 39.7 Å². The molecule has 28 heavy (non-hydrogen) atoms. The summed E-state index contributed by atoms with van der Waals surface area (Å²) in [6.07, 6.45) is 0.249. The highest BCUT2D eigenvalue weighted by Crippen LogP contribution is 2.61. The first-order chi connectivity index (χ1) is 13.4. The molecule has 0 spiro atoms. The van der Waals surface area contributed by atoms with E-state index in [1.165, 1.54) is 12.1 Å². The Bertz CT molecular complexity index is 974. The minimum absolute atomic E-state index is 0.0653. The van der Waals surface area contributed by atoms with Crippen LogP contribution in [0.4, 0.5) is 5.69 Å². The number of amides is 2. The van der Waals surface area contributed by atoms with E-state index in [0.29, 0.717) is 17.7 Å².